The fraction of sp³-hybridized carbons (Fsp3) is 0.571. The van der Waals surface area contributed by atoms with E-state index in [-0.39, 0.29) is 12.8 Å². The molecule has 0 aromatic carbocycles. The molecule has 3 amide bonds. The summed E-state index contributed by atoms with van der Waals surface area (Å²) in [5.41, 5.74) is 5.49. The lowest BCUT2D eigenvalue weighted by molar-refractivity contribution is -0.142. The molecule has 0 aliphatic heterocycles. The molecule has 0 spiro atoms. The third-order valence-corrected chi connectivity index (χ3v) is 3.18. The van der Waals surface area contributed by atoms with Gasteiger partial charge in [-0.1, -0.05) is 0 Å². The van der Waals surface area contributed by atoms with Crippen LogP contribution in [-0.2, 0) is 28.8 Å². The standard InChI is InChI=1S/C14H22N4O9/c1-6(17-13(26)7(15)2-3-9(19)20)12(25)18-8(4-10(21)22)14(27)16-5-11(23)24/h6-8H,2-5,15H2,1H3,(H,16,27)(H,17,26)(H,18,25)(H,19,20)(H,21,22)(H,23,24). The van der Waals surface area contributed by atoms with Crippen molar-refractivity contribution in [3.05, 3.63) is 0 Å². The highest BCUT2D eigenvalue weighted by Gasteiger charge is 2.27. The Labute approximate surface area is 153 Å². The van der Waals surface area contributed by atoms with E-state index in [0.717, 1.165) is 0 Å². The zero-order valence-electron chi connectivity index (χ0n) is 14.4. The number of nitrogens with one attached hydrogen (secondary N) is 3. The van der Waals surface area contributed by atoms with Gasteiger partial charge in [0, 0.05) is 6.42 Å². The molecule has 0 bridgehead atoms. The van der Waals surface area contributed by atoms with Gasteiger partial charge < -0.3 is 37.0 Å². The van der Waals surface area contributed by atoms with Crippen molar-refractivity contribution in [3.63, 3.8) is 0 Å². The van der Waals surface area contributed by atoms with Crippen molar-refractivity contribution in [2.24, 2.45) is 5.73 Å². The number of nitrogens with two attached hydrogens (primary N) is 1. The molecule has 8 N–H and O–H groups in total. The van der Waals surface area contributed by atoms with Gasteiger partial charge >= 0.3 is 17.9 Å². The average molecular weight is 390 g/mol. The van der Waals surface area contributed by atoms with Crippen LogP contribution in [0.5, 0.6) is 0 Å². The zero-order chi connectivity index (χ0) is 21.1. The lowest BCUT2D eigenvalue weighted by atomic mass is 10.1. The van der Waals surface area contributed by atoms with E-state index in [2.05, 4.69) is 10.6 Å². The molecule has 0 saturated carbocycles. The Hall–Kier alpha value is -3.22. The molecule has 13 nitrogen and oxygen atoms in total. The fourth-order valence-corrected chi connectivity index (χ4v) is 1.76. The molecule has 0 radical (unpaired) electrons. The van der Waals surface area contributed by atoms with Gasteiger partial charge in [-0.15, -0.1) is 0 Å². The van der Waals surface area contributed by atoms with Crippen LogP contribution < -0.4 is 21.7 Å². The third kappa shape index (κ3) is 10.4. The first-order chi connectivity index (χ1) is 12.4. The van der Waals surface area contributed by atoms with E-state index in [1.165, 1.54) is 6.92 Å². The third-order valence-electron chi connectivity index (χ3n) is 3.18. The first kappa shape index (κ1) is 23.8. The average Bonchev–Trinajstić information content (AvgIpc) is 2.55. The van der Waals surface area contributed by atoms with Crippen molar-refractivity contribution in [2.45, 2.75) is 44.3 Å². The summed E-state index contributed by atoms with van der Waals surface area (Å²) in [4.78, 5) is 67.4. The highest BCUT2D eigenvalue weighted by atomic mass is 16.4. The maximum atomic E-state index is 12.1. The molecule has 0 heterocycles. The Morgan fingerprint density at radius 3 is 1.93 bits per heavy atom. The minimum Gasteiger partial charge on any atom is -0.481 e. The number of hydrogen-bond donors (Lipinski definition) is 7. The molecule has 3 atom stereocenters. The van der Waals surface area contributed by atoms with E-state index < -0.39 is 66.7 Å². The van der Waals surface area contributed by atoms with E-state index in [0.29, 0.717) is 0 Å². The van der Waals surface area contributed by atoms with Gasteiger partial charge in [-0.25, -0.2) is 0 Å². The minimum atomic E-state index is -1.56. The van der Waals surface area contributed by atoms with Crippen LogP contribution in [0.1, 0.15) is 26.2 Å². The van der Waals surface area contributed by atoms with Crippen LogP contribution in [0.2, 0.25) is 0 Å². The monoisotopic (exact) mass is 390 g/mol. The van der Waals surface area contributed by atoms with Gasteiger partial charge in [0.25, 0.3) is 0 Å². The molecular formula is C14H22N4O9. The van der Waals surface area contributed by atoms with Crippen molar-refractivity contribution in [1.29, 1.82) is 0 Å². The lowest BCUT2D eigenvalue weighted by Crippen LogP contribution is -2.55. The summed E-state index contributed by atoms with van der Waals surface area (Å²) in [6.07, 6.45) is -1.32. The molecule has 27 heavy (non-hydrogen) atoms. The summed E-state index contributed by atoms with van der Waals surface area (Å²) < 4.78 is 0. The van der Waals surface area contributed by atoms with Gasteiger partial charge in [-0.05, 0) is 13.3 Å². The summed E-state index contributed by atoms with van der Waals surface area (Å²) in [6, 6.07) is -3.95. The molecule has 13 heteroatoms. The van der Waals surface area contributed by atoms with E-state index in [9.17, 15) is 28.8 Å². The Bertz CT molecular complexity index is 607. The summed E-state index contributed by atoms with van der Waals surface area (Å²) in [7, 11) is 0. The van der Waals surface area contributed by atoms with Crippen molar-refractivity contribution in [1.82, 2.24) is 16.0 Å². The Kier molecular flexibility index (Phi) is 10.0. The highest BCUT2D eigenvalue weighted by molar-refractivity contribution is 5.95. The second-order valence-corrected chi connectivity index (χ2v) is 5.54. The van der Waals surface area contributed by atoms with Gasteiger partial charge in [0.05, 0.1) is 12.5 Å². The quantitative estimate of drug-likeness (QED) is 0.177. The van der Waals surface area contributed by atoms with Crippen LogP contribution in [0, 0.1) is 0 Å². The van der Waals surface area contributed by atoms with Gasteiger partial charge in [-0.2, -0.15) is 0 Å². The number of rotatable bonds is 12. The molecule has 0 aliphatic carbocycles. The molecule has 0 aromatic rings. The summed E-state index contributed by atoms with van der Waals surface area (Å²) in [5, 5.41) is 32.1. The molecular weight excluding hydrogens is 368 g/mol. The number of carbonyl (C=O) groups excluding carboxylic acids is 3. The SMILES string of the molecule is CC(NC(=O)C(N)CCC(=O)O)C(=O)NC(CC(=O)O)C(=O)NCC(=O)O. The molecule has 0 aromatic heterocycles. The summed E-state index contributed by atoms with van der Waals surface area (Å²) in [5.74, 6) is -6.66. The first-order valence-electron chi connectivity index (χ1n) is 7.73. The molecule has 0 rings (SSSR count). The number of carbonyl (C=O) groups is 6. The van der Waals surface area contributed by atoms with Gasteiger partial charge in [0.15, 0.2) is 0 Å². The van der Waals surface area contributed by atoms with Crippen molar-refractivity contribution >= 4 is 35.6 Å². The van der Waals surface area contributed by atoms with E-state index in [4.69, 9.17) is 21.1 Å². The molecule has 0 aliphatic rings. The summed E-state index contributed by atoms with van der Waals surface area (Å²) >= 11 is 0. The molecule has 3 unspecified atom stereocenters. The number of hydrogen-bond acceptors (Lipinski definition) is 7. The molecule has 152 valence electrons. The normalized spacial score (nSPS) is 13.6. The minimum absolute atomic E-state index is 0.158. The number of aliphatic carboxylic acids is 3. The predicted octanol–water partition coefficient (Wildman–Crippen LogP) is -3.16. The molecule has 0 fully saturated rings. The van der Waals surface area contributed by atoms with Crippen LogP contribution in [0.15, 0.2) is 0 Å². The van der Waals surface area contributed by atoms with Gasteiger partial charge in [0.1, 0.15) is 18.6 Å². The highest BCUT2D eigenvalue weighted by Crippen LogP contribution is 1.98. The van der Waals surface area contributed by atoms with Crippen LogP contribution >= 0.6 is 0 Å². The first-order valence-corrected chi connectivity index (χ1v) is 7.73. The second kappa shape index (κ2) is 11.4. The number of carboxylic acids is 3. The number of amides is 3. The Morgan fingerprint density at radius 1 is 0.852 bits per heavy atom. The van der Waals surface area contributed by atoms with E-state index >= 15 is 0 Å². The Morgan fingerprint density at radius 2 is 1.44 bits per heavy atom. The smallest absolute Gasteiger partial charge is 0.322 e. The van der Waals surface area contributed by atoms with Crippen LogP contribution in [0.3, 0.4) is 0 Å². The second-order valence-electron chi connectivity index (χ2n) is 5.54. The van der Waals surface area contributed by atoms with Crippen LogP contribution in [0.25, 0.3) is 0 Å². The largest absolute Gasteiger partial charge is 0.481 e. The Balaban J connectivity index is 4.77. The lowest BCUT2D eigenvalue weighted by Gasteiger charge is -2.21. The maximum absolute atomic E-state index is 12.1. The van der Waals surface area contributed by atoms with Crippen molar-refractivity contribution in [3.8, 4) is 0 Å². The van der Waals surface area contributed by atoms with E-state index in [1.54, 1.807) is 0 Å². The topological polar surface area (TPSA) is 225 Å². The fourth-order valence-electron chi connectivity index (χ4n) is 1.76. The summed E-state index contributed by atoms with van der Waals surface area (Å²) in [6.45, 7) is 0.472. The number of carboxylic acid groups (broad SMARTS) is 3. The zero-order valence-corrected chi connectivity index (χ0v) is 14.4. The van der Waals surface area contributed by atoms with Crippen molar-refractivity contribution in [2.75, 3.05) is 6.54 Å². The van der Waals surface area contributed by atoms with Gasteiger partial charge in [-0.3, -0.25) is 28.8 Å². The van der Waals surface area contributed by atoms with E-state index in [1.807, 2.05) is 5.32 Å². The van der Waals surface area contributed by atoms with Crippen LogP contribution in [0.4, 0.5) is 0 Å². The maximum Gasteiger partial charge on any atom is 0.322 e. The molecule has 0 saturated heterocycles. The van der Waals surface area contributed by atoms with Crippen LogP contribution in [-0.4, -0.2) is 75.6 Å². The predicted molar refractivity (Wildman–Crippen MR) is 87.3 cm³/mol. The van der Waals surface area contributed by atoms with Gasteiger partial charge in [0.2, 0.25) is 17.7 Å². The van der Waals surface area contributed by atoms with Crippen molar-refractivity contribution < 1.29 is 44.1 Å².